The Hall–Kier alpha value is -4.77. The van der Waals surface area contributed by atoms with E-state index < -0.39 is 53.7 Å². The van der Waals surface area contributed by atoms with Gasteiger partial charge in [-0.3, -0.25) is 4.79 Å². The average molecular weight is 584 g/mol. The Bertz CT molecular complexity index is 1540. The van der Waals surface area contributed by atoms with E-state index in [0.29, 0.717) is 27.4 Å². The molecule has 4 aromatic rings. The highest BCUT2D eigenvalue weighted by molar-refractivity contribution is 6.31. The summed E-state index contributed by atoms with van der Waals surface area (Å²) in [5, 5.41) is 18.8. The molecule has 1 heterocycles. The third-order valence-electron chi connectivity index (χ3n) is 6.19. The minimum Gasteiger partial charge on any atom is -0.480 e. The molecule has 0 aliphatic carbocycles. The van der Waals surface area contributed by atoms with Gasteiger partial charge >= 0.3 is 12.1 Å². The Morgan fingerprint density at radius 2 is 1.71 bits per heavy atom. The zero-order chi connectivity index (χ0) is 29.5. The molecule has 2 amide bonds. The molecule has 0 saturated carbocycles. The fraction of sp³-hybridized carbons (Fsp3) is 0.172. The molecule has 9 nitrogen and oxygen atoms in total. The number of aliphatic carboxylic acids is 1. The molecule has 0 saturated heterocycles. The summed E-state index contributed by atoms with van der Waals surface area (Å²) in [4.78, 5) is 36.7. The van der Waals surface area contributed by atoms with Gasteiger partial charge in [0, 0.05) is 39.3 Å². The predicted octanol–water partition coefficient (Wildman–Crippen LogP) is 5.69. The van der Waals surface area contributed by atoms with E-state index in [2.05, 4.69) is 15.8 Å². The van der Waals surface area contributed by atoms with Crippen molar-refractivity contribution in [2.75, 3.05) is 0 Å². The van der Waals surface area contributed by atoms with Gasteiger partial charge in [0.15, 0.2) is 0 Å². The van der Waals surface area contributed by atoms with Crippen molar-refractivity contribution >= 4 is 29.6 Å². The van der Waals surface area contributed by atoms with Gasteiger partial charge < -0.3 is 25.0 Å². The van der Waals surface area contributed by atoms with Gasteiger partial charge in [-0.05, 0) is 37.3 Å². The summed E-state index contributed by atoms with van der Waals surface area (Å²) < 4.78 is 38.4. The first-order chi connectivity index (χ1) is 19.6. The van der Waals surface area contributed by atoms with Crippen molar-refractivity contribution in [2.24, 2.45) is 0 Å². The van der Waals surface area contributed by atoms with Gasteiger partial charge in [-0.15, -0.1) is 0 Å². The van der Waals surface area contributed by atoms with E-state index in [9.17, 15) is 28.3 Å². The lowest BCUT2D eigenvalue weighted by Gasteiger charge is -2.16. The van der Waals surface area contributed by atoms with Crippen LogP contribution in [0, 0.1) is 11.6 Å². The number of alkyl carbamates (subject to hydrolysis) is 1. The van der Waals surface area contributed by atoms with Crippen molar-refractivity contribution < 1.29 is 37.5 Å². The summed E-state index contributed by atoms with van der Waals surface area (Å²) in [5.74, 6) is -4.01. The Morgan fingerprint density at radius 1 is 1.02 bits per heavy atom. The molecule has 2 atom stereocenters. The zero-order valence-corrected chi connectivity index (χ0v) is 22.3. The quantitative estimate of drug-likeness (QED) is 0.219. The lowest BCUT2D eigenvalue weighted by atomic mass is 10.0. The number of carboxylic acids is 1. The minimum absolute atomic E-state index is 0.0298. The van der Waals surface area contributed by atoms with E-state index >= 15 is 0 Å². The molecule has 41 heavy (non-hydrogen) atoms. The van der Waals surface area contributed by atoms with Crippen LogP contribution >= 0.6 is 11.6 Å². The number of amides is 2. The van der Waals surface area contributed by atoms with Gasteiger partial charge in [-0.2, -0.15) is 0 Å². The van der Waals surface area contributed by atoms with Crippen LogP contribution < -0.4 is 10.6 Å². The van der Waals surface area contributed by atoms with Crippen LogP contribution in [0.25, 0.3) is 11.3 Å². The number of carbonyl (C=O) groups excluding carboxylic acids is 2. The third kappa shape index (κ3) is 7.25. The maximum absolute atomic E-state index is 14.0. The van der Waals surface area contributed by atoms with Crippen LogP contribution in [-0.2, 0) is 22.5 Å². The van der Waals surface area contributed by atoms with Gasteiger partial charge in [-0.1, -0.05) is 53.2 Å². The smallest absolute Gasteiger partial charge is 0.408 e. The topological polar surface area (TPSA) is 131 Å². The number of hydrogen-bond acceptors (Lipinski definition) is 6. The molecule has 0 aliphatic heterocycles. The first-order valence-corrected chi connectivity index (χ1v) is 12.7. The predicted molar refractivity (Wildman–Crippen MR) is 144 cm³/mol. The number of carboxylic acid groups (broad SMARTS) is 1. The summed E-state index contributed by atoms with van der Waals surface area (Å²) in [6.07, 6.45) is -0.491. The van der Waals surface area contributed by atoms with Crippen LogP contribution in [0.1, 0.15) is 40.1 Å². The number of aromatic nitrogens is 1. The second kappa shape index (κ2) is 13.1. The van der Waals surface area contributed by atoms with Crippen molar-refractivity contribution in [1.29, 1.82) is 0 Å². The third-order valence-corrected chi connectivity index (χ3v) is 6.53. The number of hydrogen-bond donors (Lipinski definition) is 3. The number of halogens is 3. The molecule has 4 rings (SSSR count). The standard InChI is InChI=1S/C29H24ClF2N3O6/c1-16(20-5-2-3-6-22(20)30)41-29(39)33-14-19-15-40-35-26(19)17-9-11-18(12-10-17)27(36)34-25(28(37)38)13-21-23(31)7-4-8-24(21)32/h2-12,15-16,25H,13-14H2,1H3,(H,33,39)(H,34,36)(H,37,38). The number of carbonyl (C=O) groups is 3. The molecule has 12 heteroatoms. The van der Waals surface area contributed by atoms with Crippen LogP contribution in [0.2, 0.25) is 5.02 Å². The SMILES string of the molecule is CC(OC(=O)NCc1conc1-c1ccc(C(=O)NC(Cc2c(F)cccc2F)C(=O)O)cc1)c1ccccc1Cl. The second-order valence-corrected chi connectivity index (χ2v) is 9.36. The molecule has 1 aromatic heterocycles. The summed E-state index contributed by atoms with van der Waals surface area (Å²) in [6.45, 7) is 1.72. The average Bonchev–Trinajstić information content (AvgIpc) is 3.42. The molecule has 0 spiro atoms. The minimum atomic E-state index is -1.57. The Balaban J connectivity index is 1.38. The van der Waals surface area contributed by atoms with E-state index in [1.807, 2.05) is 0 Å². The molecule has 2 unspecified atom stereocenters. The van der Waals surface area contributed by atoms with Gasteiger partial charge in [-0.25, -0.2) is 18.4 Å². The highest BCUT2D eigenvalue weighted by Crippen LogP contribution is 2.26. The first kappa shape index (κ1) is 29.2. The lowest BCUT2D eigenvalue weighted by Crippen LogP contribution is -2.42. The normalized spacial score (nSPS) is 12.3. The number of benzene rings is 3. The van der Waals surface area contributed by atoms with E-state index in [0.717, 1.165) is 18.2 Å². The van der Waals surface area contributed by atoms with Gasteiger partial charge in [0.25, 0.3) is 5.91 Å². The summed E-state index contributed by atoms with van der Waals surface area (Å²) >= 11 is 6.15. The molecule has 0 bridgehead atoms. The van der Waals surface area contributed by atoms with Crippen molar-refractivity contribution in [3.8, 4) is 11.3 Å². The maximum atomic E-state index is 14.0. The summed E-state index contributed by atoms with van der Waals surface area (Å²) in [7, 11) is 0. The van der Waals surface area contributed by atoms with Crippen LogP contribution in [0.5, 0.6) is 0 Å². The highest BCUT2D eigenvalue weighted by atomic mass is 35.5. The van der Waals surface area contributed by atoms with Crippen molar-refractivity contribution in [3.63, 3.8) is 0 Å². The first-order valence-electron chi connectivity index (χ1n) is 12.3. The Labute approximate surface area is 238 Å². The highest BCUT2D eigenvalue weighted by Gasteiger charge is 2.24. The van der Waals surface area contributed by atoms with Crippen LogP contribution in [0.3, 0.4) is 0 Å². The van der Waals surface area contributed by atoms with Gasteiger partial charge in [0.05, 0.1) is 6.54 Å². The van der Waals surface area contributed by atoms with E-state index in [4.69, 9.17) is 20.9 Å². The Kier molecular flexibility index (Phi) is 9.30. The summed E-state index contributed by atoms with van der Waals surface area (Å²) in [5.41, 5.74) is 1.80. The monoisotopic (exact) mass is 583 g/mol. The van der Waals surface area contributed by atoms with E-state index in [1.54, 1.807) is 43.3 Å². The fourth-order valence-corrected chi connectivity index (χ4v) is 4.30. The fourth-order valence-electron chi connectivity index (χ4n) is 4.01. The molecule has 0 aliphatic rings. The molecule has 3 aromatic carbocycles. The maximum Gasteiger partial charge on any atom is 0.408 e. The number of ether oxygens (including phenoxy) is 1. The van der Waals surface area contributed by atoms with Crippen LogP contribution in [0.15, 0.2) is 77.5 Å². The number of nitrogens with one attached hydrogen (secondary N) is 2. The number of rotatable bonds is 10. The molecule has 0 fully saturated rings. The largest absolute Gasteiger partial charge is 0.480 e. The van der Waals surface area contributed by atoms with Crippen molar-refractivity contribution in [3.05, 3.63) is 112 Å². The zero-order valence-electron chi connectivity index (χ0n) is 21.6. The molecule has 3 N–H and O–H groups in total. The van der Waals surface area contributed by atoms with Gasteiger partial charge in [0.1, 0.15) is 35.7 Å². The molecule has 0 radical (unpaired) electrons. The molecule has 212 valence electrons. The Morgan fingerprint density at radius 3 is 2.37 bits per heavy atom. The number of nitrogens with zero attached hydrogens (tertiary/aromatic N) is 1. The van der Waals surface area contributed by atoms with Crippen molar-refractivity contribution in [1.82, 2.24) is 15.8 Å². The molecular formula is C29H24ClF2N3O6. The van der Waals surface area contributed by atoms with Crippen LogP contribution in [-0.4, -0.2) is 34.3 Å². The van der Waals surface area contributed by atoms with Crippen LogP contribution in [0.4, 0.5) is 13.6 Å². The summed E-state index contributed by atoms with van der Waals surface area (Å²) in [6, 6.07) is 14.6. The van der Waals surface area contributed by atoms with Crippen molar-refractivity contribution in [2.45, 2.75) is 32.0 Å². The second-order valence-electron chi connectivity index (χ2n) is 8.96. The van der Waals surface area contributed by atoms with E-state index in [-0.39, 0.29) is 12.1 Å². The molecular weight excluding hydrogens is 560 g/mol. The van der Waals surface area contributed by atoms with Gasteiger partial charge in [0.2, 0.25) is 0 Å². The van der Waals surface area contributed by atoms with E-state index in [1.165, 1.54) is 18.4 Å². The lowest BCUT2D eigenvalue weighted by molar-refractivity contribution is -0.139.